The number of methoxy groups -OCH3 is 1. The summed E-state index contributed by atoms with van der Waals surface area (Å²) >= 11 is 0. The number of ketones is 1. The maximum Gasteiger partial charge on any atom is 0.192 e. The molecule has 0 aromatic rings. The van der Waals surface area contributed by atoms with Crippen molar-refractivity contribution in [3.05, 3.63) is 12.2 Å². The van der Waals surface area contributed by atoms with Crippen LogP contribution in [0, 0.1) is 39.4 Å². The van der Waals surface area contributed by atoms with E-state index in [4.69, 9.17) is 9.16 Å². The average molecular weight is 559 g/mol. The van der Waals surface area contributed by atoms with E-state index in [2.05, 4.69) is 67.5 Å². The third-order valence-electron chi connectivity index (χ3n) is 13.7. The zero-order chi connectivity index (χ0) is 28.7. The van der Waals surface area contributed by atoms with Gasteiger partial charge < -0.3 is 9.16 Å². The van der Waals surface area contributed by atoms with Gasteiger partial charge in [-0.05, 0) is 86.7 Å². The van der Waals surface area contributed by atoms with Gasteiger partial charge in [-0.15, -0.1) is 0 Å². The Kier molecular flexibility index (Phi) is 9.42. The number of unbranched alkanes of at least 4 members (excludes halogenated alkanes) is 4. The van der Waals surface area contributed by atoms with Crippen LogP contribution in [0.1, 0.15) is 126 Å². The highest BCUT2D eigenvalue weighted by Crippen LogP contribution is 2.86. The molecule has 0 aromatic carbocycles. The van der Waals surface area contributed by atoms with Gasteiger partial charge in [0.15, 0.2) is 8.32 Å². The van der Waals surface area contributed by atoms with Crippen LogP contribution in [0.2, 0.25) is 18.1 Å². The number of hydrogen-bond donors (Lipinski definition) is 0. The first-order valence-corrected chi connectivity index (χ1v) is 19.4. The van der Waals surface area contributed by atoms with Crippen LogP contribution in [-0.2, 0) is 14.0 Å². The van der Waals surface area contributed by atoms with Crippen molar-refractivity contribution >= 4 is 14.1 Å². The molecule has 39 heavy (non-hydrogen) atoms. The fourth-order valence-corrected chi connectivity index (χ4v) is 14.1. The van der Waals surface area contributed by atoms with Crippen molar-refractivity contribution in [2.75, 3.05) is 7.11 Å². The molecule has 3 nitrogen and oxygen atoms in total. The molecule has 0 heterocycles. The van der Waals surface area contributed by atoms with Crippen molar-refractivity contribution in [2.45, 2.75) is 156 Å². The Hall–Kier alpha value is -0.453. The minimum absolute atomic E-state index is 0.0327. The maximum absolute atomic E-state index is 14.8. The van der Waals surface area contributed by atoms with Crippen LogP contribution in [0.4, 0.5) is 0 Å². The second-order valence-electron chi connectivity index (χ2n) is 14.8. The Morgan fingerprint density at radius 3 is 2.26 bits per heavy atom. The molecule has 4 aliphatic rings. The van der Waals surface area contributed by atoms with Crippen molar-refractivity contribution in [3.63, 3.8) is 0 Å². The first-order chi connectivity index (χ1) is 18.5. The predicted octanol–water partition coefficient (Wildman–Crippen LogP) is 9.76. The third kappa shape index (κ3) is 4.42. The van der Waals surface area contributed by atoms with Gasteiger partial charge in [0.25, 0.3) is 0 Å². The van der Waals surface area contributed by atoms with Gasteiger partial charge in [-0.3, -0.25) is 4.79 Å². The molecule has 0 radical (unpaired) electrons. The van der Waals surface area contributed by atoms with Crippen LogP contribution in [0.5, 0.6) is 0 Å². The van der Waals surface area contributed by atoms with Gasteiger partial charge in [-0.1, -0.05) is 86.8 Å². The molecular formula is C35H62O3Si. The molecule has 0 saturated heterocycles. The van der Waals surface area contributed by atoms with Crippen LogP contribution in [0.3, 0.4) is 0 Å². The van der Waals surface area contributed by atoms with Crippen LogP contribution in [0.15, 0.2) is 12.2 Å². The van der Waals surface area contributed by atoms with E-state index in [1.807, 2.05) is 7.11 Å². The number of allylic oxidation sites excluding steroid dienone is 2. The first kappa shape index (κ1) is 31.5. The van der Waals surface area contributed by atoms with Crippen molar-refractivity contribution in [1.82, 2.24) is 0 Å². The van der Waals surface area contributed by atoms with Gasteiger partial charge >= 0.3 is 0 Å². The standard InChI is InChI=1S/C35H62O3Si/c1-10-14-15-16-17-18-19-21-32(7)25-30(38-39(11-2,12-3)13-4)33(8)26(5)23-28-24-34(27(6)31(32)36)22-20-29(37-9)35(28,33)34/h18-19,26-30H,10-17,20-25H2,1-9H3/b19-18+/t26-,27+,28+,29-,30-,32+,33+,34-,35?/m1/s1. The Morgan fingerprint density at radius 1 is 0.949 bits per heavy atom. The highest BCUT2D eigenvalue weighted by Gasteiger charge is 2.84. The summed E-state index contributed by atoms with van der Waals surface area (Å²) in [4.78, 5) is 14.8. The maximum atomic E-state index is 14.8. The quantitative estimate of drug-likeness (QED) is 0.128. The van der Waals surface area contributed by atoms with Crippen LogP contribution in [0.25, 0.3) is 0 Å². The lowest BCUT2D eigenvalue weighted by Crippen LogP contribution is -2.72. The minimum atomic E-state index is -1.90. The van der Waals surface area contributed by atoms with E-state index in [1.54, 1.807) is 0 Å². The van der Waals surface area contributed by atoms with E-state index in [0.717, 1.165) is 50.2 Å². The molecule has 4 aliphatic carbocycles. The lowest BCUT2D eigenvalue weighted by molar-refractivity contribution is -0.267. The number of Topliss-reactive ketones (excluding diaryl/α,β-unsaturated/α-hetero) is 1. The number of hydrogen-bond acceptors (Lipinski definition) is 3. The molecular weight excluding hydrogens is 496 g/mol. The van der Waals surface area contributed by atoms with Crippen molar-refractivity contribution < 1.29 is 14.0 Å². The van der Waals surface area contributed by atoms with E-state index in [9.17, 15) is 4.79 Å². The molecule has 0 bridgehead atoms. The number of rotatable bonds is 13. The molecule has 224 valence electrons. The molecule has 4 saturated carbocycles. The fraction of sp³-hybridized carbons (Fsp3) is 0.914. The molecule has 9 atom stereocenters. The molecule has 1 spiro atoms. The van der Waals surface area contributed by atoms with Gasteiger partial charge in [-0.2, -0.15) is 0 Å². The number of carbonyl (C=O) groups excluding carboxylic acids is 1. The highest BCUT2D eigenvalue weighted by atomic mass is 28.4. The summed E-state index contributed by atoms with van der Waals surface area (Å²) in [6.07, 6.45) is 17.9. The smallest absolute Gasteiger partial charge is 0.192 e. The fourth-order valence-electron chi connectivity index (χ4n) is 11.2. The van der Waals surface area contributed by atoms with Crippen molar-refractivity contribution in [2.24, 2.45) is 39.4 Å². The number of ether oxygens (including phenoxy) is 1. The van der Waals surface area contributed by atoms with Crippen LogP contribution >= 0.6 is 0 Å². The molecule has 4 heteroatoms. The Labute approximate surface area is 242 Å². The lowest BCUT2D eigenvalue weighted by Gasteiger charge is -2.71. The lowest BCUT2D eigenvalue weighted by atomic mass is 9.33. The third-order valence-corrected chi connectivity index (χ3v) is 18.3. The summed E-state index contributed by atoms with van der Waals surface area (Å²) in [5, 5.41) is 0. The van der Waals surface area contributed by atoms with E-state index in [-0.39, 0.29) is 39.8 Å². The van der Waals surface area contributed by atoms with E-state index < -0.39 is 8.32 Å². The second-order valence-corrected chi connectivity index (χ2v) is 19.6. The van der Waals surface area contributed by atoms with E-state index in [0.29, 0.717) is 17.6 Å². The second kappa shape index (κ2) is 11.7. The SMILES string of the molecule is CCCCCC/C=C/C[C@@]1(C)C[C@@H](O[Si](CC)(CC)CC)[C@]2(C)[C@H](C)C[C@H]3C[C@]4(CC[C@@H](OC)C342)[C@@H](C)C1=O. The van der Waals surface area contributed by atoms with Gasteiger partial charge in [0.1, 0.15) is 5.78 Å². The molecule has 0 N–H and O–H groups in total. The number of carbonyl (C=O) groups is 1. The summed E-state index contributed by atoms with van der Waals surface area (Å²) in [5.74, 6) is 1.86. The van der Waals surface area contributed by atoms with Gasteiger partial charge in [0.05, 0.1) is 12.2 Å². The van der Waals surface area contributed by atoms with Crippen LogP contribution in [-0.4, -0.2) is 33.4 Å². The summed E-state index contributed by atoms with van der Waals surface area (Å²) in [6, 6.07) is 3.49. The average Bonchev–Trinajstić information content (AvgIpc) is 3.29. The van der Waals surface area contributed by atoms with Crippen molar-refractivity contribution in [3.8, 4) is 0 Å². The van der Waals surface area contributed by atoms with E-state index in [1.165, 1.54) is 38.5 Å². The molecule has 0 aromatic heterocycles. The summed E-state index contributed by atoms with van der Waals surface area (Å²) in [7, 11) is 0.0478. The zero-order valence-corrected chi connectivity index (χ0v) is 28.2. The van der Waals surface area contributed by atoms with Gasteiger partial charge in [0, 0.05) is 29.3 Å². The normalized spacial score (nSPS) is 43.7. The van der Waals surface area contributed by atoms with Crippen molar-refractivity contribution in [1.29, 1.82) is 0 Å². The monoisotopic (exact) mass is 558 g/mol. The minimum Gasteiger partial charge on any atom is -0.413 e. The summed E-state index contributed by atoms with van der Waals surface area (Å²) < 4.78 is 14.1. The largest absolute Gasteiger partial charge is 0.413 e. The highest BCUT2D eigenvalue weighted by molar-refractivity contribution is 6.73. The molecule has 0 aliphatic heterocycles. The first-order valence-electron chi connectivity index (χ1n) is 16.9. The van der Waals surface area contributed by atoms with E-state index >= 15 is 0 Å². The molecule has 0 amide bonds. The molecule has 4 fully saturated rings. The summed E-state index contributed by atoms with van der Waals surface area (Å²) in [6.45, 7) is 19.1. The molecule has 1 unspecified atom stereocenters. The van der Waals surface area contributed by atoms with Gasteiger partial charge in [0.2, 0.25) is 0 Å². The Bertz CT molecular complexity index is 888. The summed E-state index contributed by atoms with van der Waals surface area (Å²) in [5.41, 5.74) is -0.205. The van der Waals surface area contributed by atoms with Gasteiger partial charge in [-0.25, -0.2) is 0 Å². The predicted molar refractivity (Wildman–Crippen MR) is 166 cm³/mol. The topological polar surface area (TPSA) is 35.5 Å². The molecule has 4 rings (SSSR count). The Balaban J connectivity index is 1.78. The Morgan fingerprint density at radius 2 is 1.64 bits per heavy atom. The zero-order valence-electron chi connectivity index (χ0n) is 27.2. The van der Waals surface area contributed by atoms with Crippen LogP contribution < -0.4 is 0 Å².